The normalized spacial score (nSPS) is 26.6. The number of nitrogens with zero attached hydrogens (tertiary/aromatic N) is 2. The average molecular weight is 537 g/mol. The molecule has 3 fully saturated rings. The molecule has 204 valence electrons. The van der Waals surface area contributed by atoms with Crippen LogP contribution in [0.4, 0.5) is 8.78 Å². The minimum atomic E-state index is -4.05. The van der Waals surface area contributed by atoms with E-state index in [1.54, 1.807) is 29.2 Å². The number of hydrogen-bond acceptors (Lipinski definition) is 4. The lowest BCUT2D eigenvalue weighted by Crippen LogP contribution is -2.52. The van der Waals surface area contributed by atoms with E-state index in [-0.39, 0.29) is 67.6 Å². The highest BCUT2D eigenvalue weighted by molar-refractivity contribution is 7.89. The second kappa shape index (κ2) is 11.2. The van der Waals surface area contributed by atoms with Crippen LogP contribution < -0.4 is 4.74 Å². The van der Waals surface area contributed by atoms with Crippen molar-refractivity contribution in [3.05, 3.63) is 49.1 Å². The standard InChI is InChI=1S/C28H38F2N2O4S/c1-4-17-31(22-13-15-28(29,30)16-14-22)27(33)23-9-7-18-32(23)37(34,35)26-12-11-20(3)19-25(26)36-24-10-6-8-21(24)5-2/h4-5,11-12,19,21-24H,1-2,6-10,13-18H2,3H3/t21-,23+,24+/m1/s1. The maximum atomic E-state index is 14.0. The van der Waals surface area contributed by atoms with Crippen LogP contribution in [-0.2, 0) is 14.8 Å². The van der Waals surface area contributed by atoms with Crippen LogP contribution in [0.25, 0.3) is 0 Å². The lowest BCUT2D eigenvalue weighted by Gasteiger charge is -2.38. The number of rotatable bonds is 9. The van der Waals surface area contributed by atoms with Crippen LogP contribution >= 0.6 is 0 Å². The fourth-order valence-electron chi connectivity index (χ4n) is 5.94. The van der Waals surface area contributed by atoms with Gasteiger partial charge in [0.1, 0.15) is 22.8 Å². The summed E-state index contributed by atoms with van der Waals surface area (Å²) in [4.78, 5) is 15.3. The van der Waals surface area contributed by atoms with E-state index in [9.17, 15) is 22.0 Å². The number of hydrogen-bond donors (Lipinski definition) is 0. The number of benzene rings is 1. The number of ether oxygens (including phenoxy) is 1. The number of halogens is 2. The van der Waals surface area contributed by atoms with Gasteiger partial charge in [-0.3, -0.25) is 4.79 Å². The van der Waals surface area contributed by atoms with Gasteiger partial charge in [-0.1, -0.05) is 18.2 Å². The SMILES string of the molecule is C=CCN(C(=O)[C@@H]1CCCN1S(=O)(=O)c1ccc(C)cc1O[C@H]1CCC[C@H]1C=C)C1CCC(F)(F)CC1. The third-order valence-electron chi connectivity index (χ3n) is 8.00. The van der Waals surface area contributed by atoms with Crippen molar-refractivity contribution in [1.82, 2.24) is 9.21 Å². The van der Waals surface area contributed by atoms with Gasteiger partial charge in [0.05, 0.1) is 0 Å². The largest absolute Gasteiger partial charge is 0.488 e. The number of sulfonamides is 1. The second-order valence-electron chi connectivity index (χ2n) is 10.6. The first-order valence-electron chi connectivity index (χ1n) is 13.3. The van der Waals surface area contributed by atoms with E-state index in [0.29, 0.717) is 18.6 Å². The van der Waals surface area contributed by atoms with E-state index >= 15 is 0 Å². The second-order valence-corrected chi connectivity index (χ2v) is 12.4. The summed E-state index contributed by atoms with van der Waals surface area (Å²) in [6.45, 7) is 9.92. The van der Waals surface area contributed by atoms with E-state index < -0.39 is 22.0 Å². The molecular weight excluding hydrogens is 498 g/mol. The summed E-state index contributed by atoms with van der Waals surface area (Å²) in [5, 5.41) is 0. The van der Waals surface area contributed by atoms with Crippen LogP contribution in [0.15, 0.2) is 48.4 Å². The van der Waals surface area contributed by atoms with Gasteiger partial charge in [-0.25, -0.2) is 17.2 Å². The smallest absolute Gasteiger partial charge is 0.248 e. The monoisotopic (exact) mass is 536 g/mol. The maximum absolute atomic E-state index is 14.0. The van der Waals surface area contributed by atoms with E-state index in [2.05, 4.69) is 13.2 Å². The Bertz CT molecular complexity index is 1110. The Kier molecular flexibility index (Phi) is 8.43. The minimum Gasteiger partial charge on any atom is -0.488 e. The molecule has 1 amide bonds. The van der Waals surface area contributed by atoms with Crippen LogP contribution in [0.3, 0.4) is 0 Å². The molecule has 0 spiro atoms. The minimum absolute atomic E-state index is 0.0556. The van der Waals surface area contributed by atoms with Gasteiger partial charge in [-0.2, -0.15) is 4.31 Å². The molecule has 6 nitrogen and oxygen atoms in total. The van der Waals surface area contributed by atoms with Gasteiger partial charge in [0.25, 0.3) is 0 Å². The molecular formula is C28H38F2N2O4S. The molecule has 0 unspecified atom stereocenters. The van der Waals surface area contributed by atoms with Crippen molar-refractivity contribution in [3.8, 4) is 5.75 Å². The number of alkyl halides is 2. The Morgan fingerprint density at radius 2 is 1.89 bits per heavy atom. The van der Waals surface area contributed by atoms with Crippen LogP contribution in [0.1, 0.15) is 63.4 Å². The van der Waals surface area contributed by atoms with Crippen molar-refractivity contribution in [2.75, 3.05) is 13.1 Å². The zero-order valence-corrected chi connectivity index (χ0v) is 22.4. The van der Waals surface area contributed by atoms with E-state index in [1.807, 2.05) is 13.0 Å². The van der Waals surface area contributed by atoms with Gasteiger partial charge in [0.2, 0.25) is 21.9 Å². The molecule has 2 aliphatic carbocycles. The molecule has 9 heteroatoms. The zero-order chi connectivity index (χ0) is 26.8. The predicted molar refractivity (Wildman–Crippen MR) is 139 cm³/mol. The topological polar surface area (TPSA) is 66.9 Å². The van der Waals surface area contributed by atoms with Crippen molar-refractivity contribution in [2.24, 2.45) is 5.92 Å². The molecule has 0 N–H and O–H groups in total. The molecule has 3 atom stereocenters. The average Bonchev–Trinajstić information content (AvgIpc) is 3.52. The summed E-state index contributed by atoms with van der Waals surface area (Å²) in [6, 6.07) is 3.80. The Balaban J connectivity index is 1.60. The Hall–Kier alpha value is -2.26. The first-order valence-corrected chi connectivity index (χ1v) is 14.7. The van der Waals surface area contributed by atoms with Crippen molar-refractivity contribution in [1.29, 1.82) is 0 Å². The Morgan fingerprint density at radius 3 is 2.57 bits per heavy atom. The summed E-state index contributed by atoms with van der Waals surface area (Å²) in [6.07, 6.45) is 6.83. The molecule has 1 saturated heterocycles. The molecule has 4 rings (SSSR count). The first kappa shape index (κ1) is 27.8. The van der Waals surface area contributed by atoms with Gasteiger partial charge in [-0.15, -0.1) is 13.2 Å². The number of carbonyl (C=O) groups is 1. The third kappa shape index (κ3) is 5.93. The molecule has 0 bridgehead atoms. The number of carbonyl (C=O) groups excluding carboxylic acids is 1. The fourth-order valence-corrected chi connectivity index (χ4v) is 7.70. The summed E-state index contributed by atoms with van der Waals surface area (Å²) in [7, 11) is -4.05. The molecule has 1 aromatic carbocycles. The lowest BCUT2D eigenvalue weighted by atomic mass is 9.90. The summed E-state index contributed by atoms with van der Waals surface area (Å²) in [5.41, 5.74) is 0.877. The van der Waals surface area contributed by atoms with Gasteiger partial charge in [0.15, 0.2) is 0 Å². The summed E-state index contributed by atoms with van der Waals surface area (Å²) in [5.74, 6) is -2.59. The van der Waals surface area contributed by atoms with Crippen molar-refractivity contribution in [3.63, 3.8) is 0 Å². The molecule has 1 heterocycles. The molecule has 1 aliphatic heterocycles. The van der Waals surface area contributed by atoms with Crippen LogP contribution in [0.2, 0.25) is 0 Å². The van der Waals surface area contributed by atoms with Crippen molar-refractivity contribution >= 4 is 15.9 Å². The molecule has 1 aromatic rings. The van der Waals surface area contributed by atoms with Crippen LogP contribution in [-0.4, -0.2) is 60.7 Å². The first-order chi connectivity index (χ1) is 17.6. The lowest BCUT2D eigenvalue weighted by molar-refractivity contribution is -0.139. The van der Waals surface area contributed by atoms with Crippen molar-refractivity contribution < 1.29 is 26.7 Å². The molecule has 2 saturated carbocycles. The highest BCUT2D eigenvalue weighted by atomic mass is 32.2. The molecule has 0 radical (unpaired) electrons. The molecule has 37 heavy (non-hydrogen) atoms. The van der Waals surface area contributed by atoms with E-state index in [1.165, 1.54) is 4.31 Å². The number of amides is 1. The summed E-state index contributed by atoms with van der Waals surface area (Å²) < 4.78 is 63.1. The quantitative estimate of drug-likeness (QED) is 0.393. The number of aryl methyl sites for hydroxylation is 1. The zero-order valence-electron chi connectivity index (χ0n) is 21.6. The van der Waals surface area contributed by atoms with Gasteiger partial charge in [-0.05, 0) is 69.6 Å². The maximum Gasteiger partial charge on any atom is 0.248 e. The van der Waals surface area contributed by atoms with Crippen molar-refractivity contribution in [2.45, 2.75) is 93.7 Å². The molecule has 0 aromatic heterocycles. The van der Waals surface area contributed by atoms with Gasteiger partial charge >= 0.3 is 0 Å². The fraction of sp³-hybridized carbons (Fsp3) is 0.607. The highest BCUT2D eigenvalue weighted by Crippen LogP contribution is 2.38. The van der Waals surface area contributed by atoms with E-state index in [0.717, 1.165) is 24.8 Å². The Labute approximate surface area is 219 Å². The Morgan fingerprint density at radius 1 is 1.16 bits per heavy atom. The highest BCUT2D eigenvalue weighted by Gasteiger charge is 2.45. The van der Waals surface area contributed by atoms with Gasteiger partial charge in [0, 0.05) is 37.9 Å². The van der Waals surface area contributed by atoms with Gasteiger partial charge < -0.3 is 9.64 Å². The van der Waals surface area contributed by atoms with Crippen LogP contribution in [0, 0.1) is 12.8 Å². The molecule has 3 aliphatic rings. The predicted octanol–water partition coefficient (Wildman–Crippen LogP) is 5.47. The van der Waals surface area contributed by atoms with E-state index in [4.69, 9.17) is 4.74 Å². The summed E-state index contributed by atoms with van der Waals surface area (Å²) >= 11 is 0. The van der Waals surface area contributed by atoms with Crippen LogP contribution in [0.5, 0.6) is 5.75 Å². The third-order valence-corrected chi connectivity index (χ3v) is 9.94.